The van der Waals surface area contributed by atoms with E-state index in [9.17, 15) is 4.79 Å². The Kier molecular flexibility index (Phi) is 5.37. The molecule has 0 saturated carbocycles. The largest absolute Gasteiger partial charge is 0.292 e. The van der Waals surface area contributed by atoms with E-state index in [4.69, 9.17) is 23.2 Å². The zero-order valence-corrected chi connectivity index (χ0v) is 14.9. The van der Waals surface area contributed by atoms with Crippen molar-refractivity contribution in [3.63, 3.8) is 0 Å². The molecule has 3 rings (SSSR count). The first-order chi connectivity index (χ1) is 12.1. The van der Waals surface area contributed by atoms with Crippen LogP contribution in [-0.2, 0) is 0 Å². The van der Waals surface area contributed by atoms with E-state index in [2.05, 4.69) is 11.7 Å². The number of carbonyl (C=O) groups excluding carboxylic acids is 1. The van der Waals surface area contributed by atoms with E-state index < -0.39 is 5.92 Å². The van der Waals surface area contributed by atoms with Crippen molar-refractivity contribution in [3.05, 3.63) is 94.8 Å². The summed E-state index contributed by atoms with van der Waals surface area (Å²) in [5.74, 6) is -0.473. The normalized spacial score (nSPS) is 11.9. The van der Waals surface area contributed by atoms with Gasteiger partial charge in [-0.15, -0.1) is 6.58 Å². The van der Waals surface area contributed by atoms with Crippen molar-refractivity contribution in [2.45, 2.75) is 12.3 Å². The Morgan fingerprint density at radius 3 is 2.56 bits per heavy atom. The van der Waals surface area contributed by atoms with Crippen LogP contribution in [0.3, 0.4) is 0 Å². The monoisotopic (exact) mass is 370 g/mol. The Morgan fingerprint density at radius 1 is 1.12 bits per heavy atom. The summed E-state index contributed by atoms with van der Waals surface area (Å²) in [6.45, 7) is 3.76. The van der Waals surface area contributed by atoms with Gasteiger partial charge in [-0.2, -0.15) is 5.10 Å². The molecule has 0 saturated heterocycles. The van der Waals surface area contributed by atoms with Gasteiger partial charge in [0.1, 0.15) is 5.69 Å². The molecule has 0 fully saturated rings. The zero-order chi connectivity index (χ0) is 17.8. The summed E-state index contributed by atoms with van der Waals surface area (Å²) in [6.07, 6.45) is 4.00. The maximum Gasteiger partial charge on any atom is 0.190 e. The number of nitrogens with zero attached hydrogens (tertiary/aromatic N) is 2. The number of allylic oxidation sites excluding steroid dienone is 1. The molecule has 1 aromatic heterocycles. The summed E-state index contributed by atoms with van der Waals surface area (Å²) in [5.41, 5.74) is 2.10. The van der Waals surface area contributed by atoms with Crippen LogP contribution in [-0.4, -0.2) is 15.6 Å². The van der Waals surface area contributed by atoms with Crippen LogP contribution in [0, 0.1) is 0 Å². The number of aromatic nitrogens is 2. The highest BCUT2D eigenvalue weighted by atomic mass is 35.5. The molecule has 0 bridgehead atoms. The van der Waals surface area contributed by atoms with Crippen molar-refractivity contribution in [1.82, 2.24) is 9.78 Å². The van der Waals surface area contributed by atoms with E-state index in [1.165, 1.54) is 0 Å². The molecule has 0 radical (unpaired) electrons. The van der Waals surface area contributed by atoms with Gasteiger partial charge in [-0.3, -0.25) is 4.79 Å². The SMILES string of the molecule is C=CCC(C(=O)c1ccn(-c2ccccc2)n1)c1ccc(Cl)c(Cl)c1. The van der Waals surface area contributed by atoms with Crippen molar-refractivity contribution in [1.29, 1.82) is 0 Å². The zero-order valence-electron chi connectivity index (χ0n) is 13.4. The number of halogens is 2. The van der Waals surface area contributed by atoms with Crippen LogP contribution in [0.15, 0.2) is 73.4 Å². The average molecular weight is 371 g/mol. The predicted molar refractivity (Wildman–Crippen MR) is 102 cm³/mol. The lowest BCUT2D eigenvalue weighted by molar-refractivity contribution is 0.0954. The van der Waals surface area contributed by atoms with Gasteiger partial charge in [-0.25, -0.2) is 4.68 Å². The van der Waals surface area contributed by atoms with Gasteiger partial charge in [0.15, 0.2) is 5.78 Å². The minimum atomic E-state index is -0.397. The van der Waals surface area contributed by atoms with E-state index >= 15 is 0 Å². The van der Waals surface area contributed by atoms with E-state index in [0.717, 1.165) is 11.3 Å². The highest BCUT2D eigenvalue weighted by Crippen LogP contribution is 2.30. The lowest BCUT2D eigenvalue weighted by Crippen LogP contribution is -2.14. The lowest BCUT2D eigenvalue weighted by Gasteiger charge is -2.14. The van der Waals surface area contributed by atoms with Crippen molar-refractivity contribution < 1.29 is 4.79 Å². The van der Waals surface area contributed by atoms with Gasteiger partial charge >= 0.3 is 0 Å². The van der Waals surface area contributed by atoms with Crippen LogP contribution < -0.4 is 0 Å². The third-order valence-corrected chi connectivity index (χ3v) is 4.67. The van der Waals surface area contributed by atoms with Crippen molar-refractivity contribution in [2.24, 2.45) is 0 Å². The number of para-hydroxylation sites is 1. The second-order valence-electron chi connectivity index (χ2n) is 5.60. The molecule has 0 aliphatic carbocycles. The fraction of sp³-hybridized carbons (Fsp3) is 0.100. The number of benzene rings is 2. The minimum Gasteiger partial charge on any atom is -0.292 e. The summed E-state index contributed by atoms with van der Waals surface area (Å²) in [6, 6.07) is 16.6. The second kappa shape index (κ2) is 7.68. The molecule has 3 aromatic rings. The minimum absolute atomic E-state index is 0.0760. The molecule has 2 aromatic carbocycles. The summed E-state index contributed by atoms with van der Waals surface area (Å²) < 4.78 is 1.69. The molecule has 1 unspecified atom stereocenters. The van der Waals surface area contributed by atoms with Crippen molar-refractivity contribution >= 4 is 29.0 Å². The van der Waals surface area contributed by atoms with Gasteiger partial charge in [0.2, 0.25) is 0 Å². The molecular formula is C20H16Cl2N2O. The van der Waals surface area contributed by atoms with Gasteiger partial charge in [0, 0.05) is 6.20 Å². The topological polar surface area (TPSA) is 34.9 Å². The first-order valence-electron chi connectivity index (χ1n) is 7.81. The molecule has 25 heavy (non-hydrogen) atoms. The van der Waals surface area contributed by atoms with Crippen LogP contribution >= 0.6 is 23.2 Å². The Labute approximate surface area is 156 Å². The van der Waals surface area contributed by atoms with Gasteiger partial charge in [0.05, 0.1) is 21.7 Å². The van der Waals surface area contributed by atoms with E-state index in [-0.39, 0.29) is 5.78 Å². The Hall–Kier alpha value is -2.36. The molecule has 1 atom stereocenters. The number of Topliss-reactive ketones (excluding diaryl/α,β-unsaturated/α-hetero) is 1. The molecule has 0 aliphatic rings. The van der Waals surface area contributed by atoms with E-state index in [0.29, 0.717) is 22.2 Å². The molecule has 5 heteroatoms. The highest BCUT2D eigenvalue weighted by Gasteiger charge is 2.23. The first kappa shape index (κ1) is 17.5. The number of ketones is 1. The third-order valence-electron chi connectivity index (χ3n) is 3.93. The van der Waals surface area contributed by atoms with Crippen LogP contribution in [0.4, 0.5) is 0 Å². The van der Waals surface area contributed by atoms with Gasteiger partial charge in [-0.1, -0.05) is 53.5 Å². The van der Waals surface area contributed by atoms with E-state index in [1.54, 1.807) is 35.2 Å². The van der Waals surface area contributed by atoms with Gasteiger partial charge < -0.3 is 0 Å². The average Bonchev–Trinajstić information content (AvgIpc) is 3.12. The maximum atomic E-state index is 13.0. The fourth-order valence-electron chi connectivity index (χ4n) is 2.65. The van der Waals surface area contributed by atoms with Crippen LogP contribution in [0.25, 0.3) is 5.69 Å². The van der Waals surface area contributed by atoms with Crippen LogP contribution in [0.2, 0.25) is 10.0 Å². The number of rotatable bonds is 6. The Morgan fingerprint density at radius 2 is 1.88 bits per heavy atom. The maximum absolute atomic E-state index is 13.0. The third kappa shape index (κ3) is 3.84. The smallest absolute Gasteiger partial charge is 0.190 e. The first-order valence-corrected chi connectivity index (χ1v) is 8.57. The molecular weight excluding hydrogens is 355 g/mol. The van der Waals surface area contributed by atoms with Gasteiger partial charge in [0.25, 0.3) is 0 Å². The quantitative estimate of drug-likeness (QED) is 0.410. The highest BCUT2D eigenvalue weighted by molar-refractivity contribution is 6.42. The predicted octanol–water partition coefficient (Wildman–Crippen LogP) is 5.72. The van der Waals surface area contributed by atoms with Crippen molar-refractivity contribution in [2.75, 3.05) is 0 Å². The summed E-state index contributed by atoms with van der Waals surface area (Å²) >= 11 is 12.1. The number of hydrogen-bond acceptors (Lipinski definition) is 2. The lowest BCUT2D eigenvalue weighted by atomic mass is 9.90. The fourth-order valence-corrected chi connectivity index (χ4v) is 2.96. The summed E-state index contributed by atoms with van der Waals surface area (Å²) in [5, 5.41) is 5.31. The Bertz CT molecular complexity index is 903. The summed E-state index contributed by atoms with van der Waals surface area (Å²) in [7, 11) is 0. The molecule has 1 heterocycles. The molecule has 0 aliphatic heterocycles. The number of hydrogen-bond donors (Lipinski definition) is 0. The second-order valence-corrected chi connectivity index (χ2v) is 6.41. The molecule has 0 N–H and O–H groups in total. The Balaban J connectivity index is 1.92. The van der Waals surface area contributed by atoms with Gasteiger partial charge in [-0.05, 0) is 42.3 Å². The number of carbonyl (C=O) groups is 1. The molecule has 0 amide bonds. The standard InChI is InChI=1S/C20H16Cl2N2O/c1-2-6-16(14-9-10-17(21)18(22)13-14)20(25)19-11-12-24(23-19)15-7-4-3-5-8-15/h2-5,7-13,16H,1,6H2. The van der Waals surface area contributed by atoms with Crippen LogP contribution in [0.5, 0.6) is 0 Å². The van der Waals surface area contributed by atoms with Crippen molar-refractivity contribution in [3.8, 4) is 5.69 Å². The molecule has 3 nitrogen and oxygen atoms in total. The summed E-state index contributed by atoms with van der Waals surface area (Å²) in [4.78, 5) is 13.0. The van der Waals surface area contributed by atoms with Crippen LogP contribution in [0.1, 0.15) is 28.4 Å². The van der Waals surface area contributed by atoms with E-state index in [1.807, 2.05) is 36.4 Å². The molecule has 126 valence electrons. The molecule has 0 spiro atoms.